The molecule has 0 spiro atoms. The number of hydrogen-bond acceptors (Lipinski definition) is 4. The molecule has 0 fully saturated rings. The lowest BCUT2D eigenvalue weighted by Gasteiger charge is -2.12. The van der Waals surface area contributed by atoms with Gasteiger partial charge < -0.3 is 14.2 Å². The third kappa shape index (κ3) is 3.73. The number of ether oxygens (including phenoxy) is 3. The molecule has 0 amide bonds. The highest BCUT2D eigenvalue weighted by Gasteiger charge is 2.09. The van der Waals surface area contributed by atoms with Gasteiger partial charge in [0.1, 0.15) is 11.5 Å². The zero-order chi connectivity index (χ0) is 16.8. The fraction of sp³-hybridized carbons (Fsp3) is 0.0500. The van der Waals surface area contributed by atoms with Crippen molar-refractivity contribution in [2.75, 3.05) is 7.11 Å². The predicted octanol–water partition coefficient (Wildman–Crippen LogP) is 5.06. The van der Waals surface area contributed by atoms with Gasteiger partial charge in [0.2, 0.25) is 0 Å². The van der Waals surface area contributed by atoms with E-state index in [4.69, 9.17) is 9.47 Å². The van der Waals surface area contributed by atoms with Crippen LogP contribution < -0.4 is 9.47 Å². The van der Waals surface area contributed by atoms with Gasteiger partial charge in [-0.2, -0.15) is 0 Å². The summed E-state index contributed by atoms with van der Waals surface area (Å²) in [4.78, 5) is 11.5. The Balaban J connectivity index is 1.79. The fourth-order valence-corrected chi connectivity index (χ4v) is 2.14. The zero-order valence-corrected chi connectivity index (χ0v) is 13.1. The third-order valence-corrected chi connectivity index (χ3v) is 3.32. The summed E-state index contributed by atoms with van der Waals surface area (Å²) < 4.78 is 16.4. The minimum atomic E-state index is -0.380. The summed E-state index contributed by atoms with van der Waals surface area (Å²) >= 11 is 0. The first-order valence-corrected chi connectivity index (χ1v) is 7.44. The van der Waals surface area contributed by atoms with E-state index in [0.717, 1.165) is 5.75 Å². The van der Waals surface area contributed by atoms with Crippen molar-refractivity contribution in [3.63, 3.8) is 0 Å². The Bertz CT molecular complexity index is 811. The number of benzene rings is 3. The minimum Gasteiger partial charge on any atom is -0.465 e. The van der Waals surface area contributed by atoms with E-state index in [1.54, 1.807) is 24.3 Å². The molecule has 3 rings (SSSR count). The molecule has 24 heavy (non-hydrogen) atoms. The summed E-state index contributed by atoms with van der Waals surface area (Å²) in [6.07, 6.45) is 0. The van der Waals surface area contributed by atoms with Gasteiger partial charge in [0.15, 0.2) is 11.5 Å². The second kappa shape index (κ2) is 7.33. The molecule has 3 aromatic rings. The molecule has 0 aliphatic rings. The van der Waals surface area contributed by atoms with Crippen molar-refractivity contribution in [2.45, 2.75) is 0 Å². The van der Waals surface area contributed by atoms with Gasteiger partial charge in [-0.3, -0.25) is 0 Å². The first-order valence-electron chi connectivity index (χ1n) is 7.44. The van der Waals surface area contributed by atoms with Crippen LogP contribution in [0.15, 0.2) is 78.9 Å². The van der Waals surface area contributed by atoms with Crippen LogP contribution in [-0.4, -0.2) is 13.1 Å². The average molecular weight is 320 g/mol. The molecule has 0 saturated heterocycles. The van der Waals surface area contributed by atoms with Crippen LogP contribution in [0.25, 0.3) is 0 Å². The highest BCUT2D eigenvalue weighted by atomic mass is 16.5. The van der Waals surface area contributed by atoms with Crippen LogP contribution >= 0.6 is 0 Å². The van der Waals surface area contributed by atoms with Crippen LogP contribution in [0.2, 0.25) is 0 Å². The van der Waals surface area contributed by atoms with Gasteiger partial charge in [0, 0.05) is 0 Å². The Labute approximate surface area is 140 Å². The predicted molar refractivity (Wildman–Crippen MR) is 90.8 cm³/mol. The monoisotopic (exact) mass is 320 g/mol. The van der Waals surface area contributed by atoms with Gasteiger partial charge in [-0.15, -0.1) is 0 Å². The van der Waals surface area contributed by atoms with E-state index in [-0.39, 0.29) is 5.97 Å². The topological polar surface area (TPSA) is 44.8 Å². The van der Waals surface area contributed by atoms with E-state index in [1.165, 1.54) is 7.11 Å². The van der Waals surface area contributed by atoms with Crippen LogP contribution in [0.5, 0.6) is 23.0 Å². The van der Waals surface area contributed by atoms with Crippen LogP contribution in [-0.2, 0) is 4.74 Å². The van der Waals surface area contributed by atoms with E-state index in [2.05, 4.69) is 4.74 Å². The molecule has 0 aliphatic carbocycles. The normalized spacial score (nSPS) is 10.0. The molecule has 0 bridgehead atoms. The molecule has 0 unspecified atom stereocenters. The fourth-order valence-electron chi connectivity index (χ4n) is 2.14. The van der Waals surface area contributed by atoms with Crippen molar-refractivity contribution in [1.82, 2.24) is 0 Å². The lowest BCUT2D eigenvalue weighted by molar-refractivity contribution is 0.0600. The molecule has 4 heteroatoms. The molecular formula is C20H16O4. The number of esters is 1. The largest absolute Gasteiger partial charge is 0.465 e. The summed E-state index contributed by atoms with van der Waals surface area (Å²) in [5.74, 6) is 2.16. The summed E-state index contributed by atoms with van der Waals surface area (Å²) in [5.41, 5.74) is 0.471. The first kappa shape index (κ1) is 15.6. The molecule has 0 aromatic heterocycles. The summed E-state index contributed by atoms with van der Waals surface area (Å²) in [6, 6.07) is 23.6. The quantitative estimate of drug-likeness (QED) is 0.617. The van der Waals surface area contributed by atoms with Crippen molar-refractivity contribution in [3.05, 3.63) is 84.4 Å². The SMILES string of the molecule is COC(=O)c1ccc(Oc2ccccc2Oc2ccccc2)cc1. The summed E-state index contributed by atoms with van der Waals surface area (Å²) in [5, 5.41) is 0. The van der Waals surface area contributed by atoms with Crippen molar-refractivity contribution < 1.29 is 19.0 Å². The number of carbonyl (C=O) groups excluding carboxylic acids is 1. The van der Waals surface area contributed by atoms with Crippen LogP contribution in [0.1, 0.15) is 10.4 Å². The Morgan fingerprint density at radius 1 is 0.667 bits per heavy atom. The van der Waals surface area contributed by atoms with E-state index in [1.807, 2.05) is 54.6 Å². The van der Waals surface area contributed by atoms with Gasteiger partial charge in [0.05, 0.1) is 12.7 Å². The minimum absolute atomic E-state index is 0.380. The molecule has 3 aromatic carbocycles. The second-order valence-electron chi connectivity index (χ2n) is 4.98. The zero-order valence-electron chi connectivity index (χ0n) is 13.1. The van der Waals surface area contributed by atoms with E-state index >= 15 is 0 Å². The average Bonchev–Trinajstić information content (AvgIpc) is 2.64. The molecule has 0 aliphatic heterocycles. The highest BCUT2D eigenvalue weighted by molar-refractivity contribution is 5.89. The number of para-hydroxylation sites is 3. The Hall–Kier alpha value is -3.27. The smallest absolute Gasteiger partial charge is 0.337 e. The molecule has 0 heterocycles. The second-order valence-corrected chi connectivity index (χ2v) is 4.98. The summed E-state index contributed by atoms with van der Waals surface area (Å²) in [6.45, 7) is 0. The van der Waals surface area contributed by atoms with Gasteiger partial charge in [0.25, 0.3) is 0 Å². The highest BCUT2D eigenvalue weighted by Crippen LogP contribution is 2.34. The van der Waals surface area contributed by atoms with Crippen LogP contribution in [0.4, 0.5) is 0 Å². The van der Waals surface area contributed by atoms with E-state index in [9.17, 15) is 4.79 Å². The van der Waals surface area contributed by atoms with Gasteiger partial charge in [-0.25, -0.2) is 4.79 Å². The van der Waals surface area contributed by atoms with Gasteiger partial charge in [-0.1, -0.05) is 30.3 Å². The molecule has 0 atom stereocenters. The molecule has 120 valence electrons. The maximum atomic E-state index is 11.5. The van der Waals surface area contributed by atoms with E-state index in [0.29, 0.717) is 22.8 Å². The molecular weight excluding hydrogens is 304 g/mol. The number of hydrogen-bond donors (Lipinski definition) is 0. The lowest BCUT2D eigenvalue weighted by Crippen LogP contribution is -2.00. The molecule has 0 saturated carbocycles. The molecule has 4 nitrogen and oxygen atoms in total. The Morgan fingerprint density at radius 2 is 1.17 bits per heavy atom. The van der Waals surface area contributed by atoms with Crippen molar-refractivity contribution in [3.8, 4) is 23.0 Å². The first-order chi connectivity index (χ1) is 11.8. The standard InChI is InChI=1S/C20H16O4/c1-22-20(21)15-11-13-17(14-12-15)24-19-10-6-5-9-18(19)23-16-7-3-2-4-8-16/h2-14H,1H3. The van der Waals surface area contributed by atoms with Crippen molar-refractivity contribution >= 4 is 5.97 Å². The van der Waals surface area contributed by atoms with Crippen molar-refractivity contribution in [2.24, 2.45) is 0 Å². The van der Waals surface area contributed by atoms with Crippen LogP contribution in [0.3, 0.4) is 0 Å². The number of carbonyl (C=O) groups is 1. The maximum absolute atomic E-state index is 11.5. The summed E-state index contributed by atoms with van der Waals surface area (Å²) in [7, 11) is 1.35. The Morgan fingerprint density at radius 3 is 1.71 bits per heavy atom. The maximum Gasteiger partial charge on any atom is 0.337 e. The molecule has 0 radical (unpaired) electrons. The van der Waals surface area contributed by atoms with Gasteiger partial charge in [-0.05, 0) is 48.5 Å². The number of methoxy groups -OCH3 is 1. The van der Waals surface area contributed by atoms with Crippen LogP contribution in [0, 0.1) is 0 Å². The third-order valence-electron chi connectivity index (χ3n) is 3.32. The Kier molecular flexibility index (Phi) is 4.77. The lowest BCUT2D eigenvalue weighted by atomic mass is 10.2. The van der Waals surface area contributed by atoms with E-state index < -0.39 is 0 Å². The van der Waals surface area contributed by atoms with Crippen molar-refractivity contribution in [1.29, 1.82) is 0 Å². The number of rotatable bonds is 5. The molecule has 0 N–H and O–H groups in total. The van der Waals surface area contributed by atoms with Gasteiger partial charge >= 0.3 is 5.97 Å².